The molecule has 0 unspecified atom stereocenters. The Labute approximate surface area is 105 Å². The Morgan fingerprint density at radius 2 is 1.89 bits per heavy atom. The zero-order valence-corrected chi connectivity index (χ0v) is 9.99. The average molecular weight is 242 g/mol. The predicted molar refractivity (Wildman–Crippen MR) is 71.6 cm³/mol. The highest BCUT2D eigenvalue weighted by Crippen LogP contribution is 2.10. The molecule has 0 aliphatic carbocycles. The van der Waals surface area contributed by atoms with Crippen molar-refractivity contribution in [3.63, 3.8) is 0 Å². The van der Waals surface area contributed by atoms with Crippen LogP contribution >= 0.6 is 0 Å². The molecule has 0 saturated heterocycles. The molecule has 0 spiro atoms. The quantitative estimate of drug-likeness (QED) is 0.475. The van der Waals surface area contributed by atoms with E-state index in [4.69, 9.17) is 11.5 Å². The molecular weight excluding hydrogens is 228 g/mol. The fourth-order valence-electron chi connectivity index (χ4n) is 1.48. The smallest absolute Gasteiger partial charge is 0.211 e. The van der Waals surface area contributed by atoms with Crippen LogP contribution in [0.1, 0.15) is 12.5 Å². The Bertz CT molecular complexity index is 561. The van der Waals surface area contributed by atoms with Gasteiger partial charge in [0.05, 0.1) is 12.0 Å². The van der Waals surface area contributed by atoms with Crippen molar-refractivity contribution in [1.29, 1.82) is 0 Å². The van der Waals surface area contributed by atoms with Crippen molar-refractivity contribution in [2.75, 3.05) is 0 Å². The number of benzene rings is 1. The van der Waals surface area contributed by atoms with E-state index in [-0.39, 0.29) is 5.96 Å². The Hall–Kier alpha value is -2.63. The minimum atomic E-state index is -0.0515. The average Bonchev–Trinajstić information content (AvgIpc) is 2.90. The lowest BCUT2D eigenvalue weighted by molar-refractivity contribution is 1.06. The van der Waals surface area contributed by atoms with Crippen LogP contribution in [0.3, 0.4) is 0 Å². The van der Waals surface area contributed by atoms with Crippen molar-refractivity contribution in [3.05, 3.63) is 48.5 Å². The maximum absolute atomic E-state index is 5.22. The zero-order chi connectivity index (χ0) is 13.0. The number of hydrogen-bond acceptors (Lipinski definition) is 3. The highest BCUT2D eigenvalue weighted by molar-refractivity contribution is 5.99. The van der Waals surface area contributed by atoms with E-state index in [9.17, 15) is 0 Å². The second-order valence-corrected chi connectivity index (χ2v) is 3.73. The molecule has 0 radical (unpaired) electrons. The molecule has 0 bridgehead atoms. The number of rotatable bonds is 3. The fourth-order valence-corrected chi connectivity index (χ4v) is 1.48. The summed E-state index contributed by atoms with van der Waals surface area (Å²) in [6, 6.07) is 7.86. The van der Waals surface area contributed by atoms with Gasteiger partial charge in [0.2, 0.25) is 5.96 Å². The summed E-state index contributed by atoms with van der Waals surface area (Å²) < 4.78 is 1.92. The maximum atomic E-state index is 5.22. The first kappa shape index (κ1) is 11.8. The third-order valence-electron chi connectivity index (χ3n) is 2.40. The van der Waals surface area contributed by atoms with Crippen LogP contribution in [0.25, 0.3) is 5.69 Å². The van der Waals surface area contributed by atoms with Gasteiger partial charge in [-0.15, -0.1) is 5.10 Å². The van der Waals surface area contributed by atoms with E-state index in [1.807, 2.05) is 42.0 Å². The van der Waals surface area contributed by atoms with Gasteiger partial charge in [0.1, 0.15) is 0 Å². The van der Waals surface area contributed by atoms with E-state index in [0.29, 0.717) is 0 Å². The molecule has 2 aromatic rings. The van der Waals surface area contributed by atoms with Crippen LogP contribution in [0.2, 0.25) is 0 Å². The first-order chi connectivity index (χ1) is 8.66. The van der Waals surface area contributed by atoms with Gasteiger partial charge < -0.3 is 16.0 Å². The van der Waals surface area contributed by atoms with Crippen LogP contribution in [0.4, 0.5) is 0 Å². The summed E-state index contributed by atoms with van der Waals surface area (Å²) in [5.41, 5.74) is 13.2. The van der Waals surface area contributed by atoms with Gasteiger partial charge in [-0.1, -0.05) is 12.1 Å². The summed E-state index contributed by atoms with van der Waals surface area (Å²) in [6.45, 7) is 1.85. The van der Waals surface area contributed by atoms with E-state index in [1.165, 1.54) is 0 Å². The molecule has 1 aromatic carbocycles. The highest BCUT2D eigenvalue weighted by atomic mass is 15.3. The lowest BCUT2D eigenvalue weighted by Crippen LogP contribution is -2.22. The van der Waals surface area contributed by atoms with Gasteiger partial charge in [-0.25, -0.2) is 4.98 Å². The summed E-state index contributed by atoms with van der Waals surface area (Å²) >= 11 is 0. The normalized spacial score (nSPS) is 11.3. The molecule has 6 heteroatoms. The number of nitrogens with two attached hydrogens (primary N) is 2. The molecule has 0 saturated carbocycles. The lowest BCUT2D eigenvalue weighted by atomic mass is 10.1. The zero-order valence-electron chi connectivity index (χ0n) is 9.99. The first-order valence-corrected chi connectivity index (χ1v) is 5.39. The van der Waals surface area contributed by atoms with Crippen molar-refractivity contribution in [2.45, 2.75) is 6.92 Å². The van der Waals surface area contributed by atoms with Crippen LogP contribution in [0.5, 0.6) is 0 Å². The largest absolute Gasteiger partial charge is 0.369 e. The molecule has 18 heavy (non-hydrogen) atoms. The maximum Gasteiger partial charge on any atom is 0.211 e. The standard InChI is InChI=1S/C12H14N6/c1-9(16-17-12(13)14)10-2-4-11(5-3-10)18-7-6-15-8-18/h2-8H,1H3,(H4,13,14,17)/b16-9-. The topological polar surface area (TPSA) is 94.6 Å². The molecule has 92 valence electrons. The summed E-state index contributed by atoms with van der Waals surface area (Å²) in [4.78, 5) is 4.00. The van der Waals surface area contributed by atoms with Gasteiger partial charge in [-0.05, 0) is 24.6 Å². The first-order valence-electron chi connectivity index (χ1n) is 5.39. The number of guanidine groups is 1. The fraction of sp³-hybridized carbons (Fsp3) is 0.0833. The van der Waals surface area contributed by atoms with Crippen molar-refractivity contribution < 1.29 is 0 Å². The van der Waals surface area contributed by atoms with Gasteiger partial charge in [-0.3, -0.25) is 0 Å². The highest BCUT2D eigenvalue weighted by Gasteiger charge is 1.99. The van der Waals surface area contributed by atoms with Crippen molar-refractivity contribution in [2.24, 2.45) is 21.7 Å². The number of imidazole rings is 1. The summed E-state index contributed by atoms with van der Waals surface area (Å²) in [5.74, 6) is -0.0515. The lowest BCUT2D eigenvalue weighted by Gasteiger charge is -2.03. The summed E-state index contributed by atoms with van der Waals surface area (Å²) in [5, 5.41) is 7.54. The van der Waals surface area contributed by atoms with Gasteiger partial charge in [0.15, 0.2) is 0 Å². The molecule has 0 fully saturated rings. The Morgan fingerprint density at radius 3 is 2.44 bits per heavy atom. The Morgan fingerprint density at radius 1 is 1.17 bits per heavy atom. The van der Waals surface area contributed by atoms with E-state index in [1.54, 1.807) is 12.5 Å². The van der Waals surface area contributed by atoms with Gasteiger partial charge in [0.25, 0.3) is 0 Å². The predicted octanol–water partition coefficient (Wildman–Crippen LogP) is 0.870. The van der Waals surface area contributed by atoms with Crippen LogP contribution in [-0.2, 0) is 0 Å². The molecule has 6 nitrogen and oxygen atoms in total. The molecule has 0 aliphatic rings. The number of hydrogen-bond donors (Lipinski definition) is 2. The van der Waals surface area contributed by atoms with Gasteiger partial charge in [0, 0.05) is 18.1 Å². The number of nitrogens with zero attached hydrogens (tertiary/aromatic N) is 4. The van der Waals surface area contributed by atoms with Crippen LogP contribution < -0.4 is 11.5 Å². The Kier molecular flexibility index (Phi) is 3.38. The molecule has 4 N–H and O–H groups in total. The van der Waals surface area contributed by atoms with E-state index in [0.717, 1.165) is 17.0 Å². The molecule has 0 aliphatic heterocycles. The molecule has 0 atom stereocenters. The molecule has 1 heterocycles. The van der Waals surface area contributed by atoms with Crippen LogP contribution in [0.15, 0.2) is 53.2 Å². The third kappa shape index (κ3) is 2.73. The monoisotopic (exact) mass is 242 g/mol. The van der Waals surface area contributed by atoms with Crippen molar-refractivity contribution in [3.8, 4) is 5.69 Å². The SMILES string of the molecule is C/C(=N/N=C(N)N)c1ccc(-n2ccnc2)cc1. The van der Waals surface area contributed by atoms with E-state index in [2.05, 4.69) is 15.2 Å². The molecule has 2 rings (SSSR count). The minimum absolute atomic E-state index is 0.0515. The van der Waals surface area contributed by atoms with Crippen molar-refractivity contribution in [1.82, 2.24) is 9.55 Å². The molecule has 1 aromatic heterocycles. The van der Waals surface area contributed by atoms with Crippen LogP contribution in [-0.4, -0.2) is 21.2 Å². The van der Waals surface area contributed by atoms with Gasteiger partial charge in [-0.2, -0.15) is 5.10 Å². The summed E-state index contributed by atoms with van der Waals surface area (Å²) in [7, 11) is 0. The summed E-state index contributed by atoms with van der Waals surface area (Å²) in [6.07, 6.45) is 5.37. The van der Waals surface area contributed by atoms with E-state index >= 15 is 0 Å². The third-order valence-corrected chi connectivity index (χ3v) is 2.40. The van der Waals surface area contributed by atoms with E-state index < -0.39 is 0 Å². The van der Waals surface area contributed by atoms with Gasteiger partial charge >= 0.3 is 0 Å². The molecular formula is C12H14N6. The second-order valence-electron chi connectivity index (χ2n) is 3.73. The number of aromatic nitrogens is 2. The molecule has 0 amide bonds. The Balaban J connectivity index is 2.23. The minimum Gasteiger partial charge on any atom is -0.369 e. The second kappa shape index (κ2) is 5.13. The van der Waals surface area contributed by atoms with Crippen molar-refractivity contribution >= 4 is 11.7 Å². The van der Waals surface area contributed by atoms with Crippen LogP contribution in [0, 0.1) is 0 Å².